The Kier molecular flexibility index (Phi) is 10.9. The lowest BCUT2D eigenvalue weighted by molar-refractivity contribution is -0.165. The highest BCUT2D eigenvalue weighted by atomic mass is 19.1. The maximum atomic E-state index is 13.8. The number of unbranched alkanes of at least 4 members (excludes halogenated alkanes) is 1. The van der Waals surface area contributed by atoms with E-state index in [1.807, 2.05) is 38.1 Å². The highest BCUT2D eigenvalue weighted by molar-refractivity contribution is 5.81. The third-order valence-corrected chi connectivity index (χ3v) is 6.53. The molecule has 1 aromatic rings. The lowest BCUT2D eigenvalue weighted by atomic mass is 9.80. The summed E-state index contributed by atoms with van der Waals surface area (Å²) in [5.41, 5.74) is 1.13. The van der Waals surface area contributed by atoms with Crippen molar-refractivity contribution in [1.82, 2.24) is 4.90 Å². The third-order valence-electron chi connectivity index (χ3n) is 6.53. The van der Waals surface area contributed by atoms with Crippen molar-refractivity contribution in [2.45, 2.75) is 97.4 Å². The summed E-state index contributed by atoms with van der Waals surface area (Å²) >= 11 is 0. The van der Waals surface area contributed by atoms with Gasteiger partial charge in [0.25, 0.3) is 0 Å². The number of benzene rings is 1. The van der Waals surface area contributed by atoms with Crippen LogP contribution in [0.3, 0.4) is 0 Å². The maximum absolute atomic E-state index is 13.8. The number of halogens is 1. The van der Waals surface area contributed by atoms with E-state index >= 15 is 0 Å². The molecule has 1 N–H and O–H groups in total. The van der Waals surface area contributed by atoms with E-state index in [4.69, 9.17) is 10.00 Å². The first kappa shape index (κ1) is 29.3. The minimum Gasteiger partial charge on any atom is -0.496 e. The van der Waals surface area contributed by atoms with Crippen LogP contribution in [-0.2, 0) is 9.53 Å². The second-order valence-electron chi connectivity index (χ2n) is 10.0. The van der Waals surface area contributed by atoms with E-state index in [1.54, 1.807) is 18.7 Å². The number of allylic oxidation sites excluding steroid dienone is 5. The van der Waals surface area contributed by atoms with Gasteiger partial charge in [-0.3, -0.25) is 4.79 Å². The van der Waals surface area contributed by atoms with Gasteiger partial charge in [-0.1, -0.05) is 45.1 Å². The van der Waals surface area contributed by atoms with Gasteiger partial charge in [0.2, 0.25) is 5.91 Å². The van der Waals surface area contributed by atoms with Crippen LogP contribution in [0.1, 0.15) is 89.8 Å². The predicted octanol–water partition coefficient (Wildman–Crippen LogP) is 7.04. The molecule has 2 atom stereocenters. The zero-order chi connectivity index (χ0) is 26.9. The Labute approximate surface area is 216 Å². The first-order valence-corrected chi connectivity index (χ1v) is 12.9. The Balaban J connectivity index is 0.000000352. The summed E-state index contributed by atoms with van der Waals surface area (Å²) in [6, 6.07) is 6.67. The van der Waals surface area contributed by atoms with Crippen LogP contribution in [0.5, 0.6) is 0 Å². The number of carbonyl (C=O) groups excluding carboxylic acids is 1. The Morgan fingerprint density at radius 3 is 2.61 bits per heavy atom. The standard InChI is InChI=1S/C20H26FNO3.C10H15N/c1-12(2)25-17-10-15(11-17)19(23)22-18(5-6-20(22,4)24)14-7-13(3)8-16(21)9-14;1-3-5-6-8-10(9-11)7-4-2/h7-9,15,17-18,24H,1,5-6,10-11H2,2-4H3;6-8H,3-5H2,1-2H3/b;8-6-,10-7+. The molecule has 196 valence electrons. The molecule has 5 nitrogen and oxygen atoms in total. The smallest absolute Gasteiger partial charge is 0.228 e. The fourth-order valence-corrected chi connectivity index (χ4v) is 4.75. The molecule has 0 bridgehead atoms. The average Bonchev–Trinajstić information content (AvgIpc) is 3.09. The van der Waals surface area contributed by atoms with Crippen molar-refractivity contribution in [2.75, 3.05) is 0 Å². The van der Waals surface area contributed by atoms with Gasteiger partial charge in [-0.15, -0.1) is 0 Å². The Bertz CT molecular complexity index is 995. The van der Waals surface area contributed by atoms with Gasteiger partial charge in [0.15, 0.2) is 0 Å². The molecule has 6 heteroatoms. The number of rotatable bonds is 8. The molecule has 1 aliphatic carbocycles. The largest absolute Gasteiger partial charge is 0.496 e. The molecule has 0 spiro atoms. The van der Waals surface area contributed by atoms with E-state index in [2.05, 4.69) is 19.6 Å². The van der Waals surface area contributed by atoms with Crippen molar-refractivity contribution in [2.24, 2.45) is 5.92 Å². The first-order valence-electron chi connectivity index (χ1n) is 12.9. The monoisotopic (exact) mass is 496 g/mol. The molecule has 1 saturated carbocycles. The molecule has 0 aromatic heterocycles. The van der Waals surface area contributed by atoms with Crippen molar-refractivity contribution in [3.63, 3.8) is 0 Å². The summed E-state index contributed by atoms with van der Waals surface area (Å²) in [4.78, 5) is 14.6. The van der Waals surface area contributed by atoms with Gasteiger partial charge >= 0.3 is 0 Å². The number of nitrogens with zero attached hydrogens (tertiary/aromatic N) is 2. The number of likely N-dealkylation sites (tertiary alicyclic amines) is 1. The SMILES string of the molecule is C=C(C)OC1CC(C(=O)N2C(c3cc(C)cc(F)c3)CCC2(C)O)C1.CC/C=C(C#N)\C=C/CCC. The molecule has 1 saturated heterocycles. The molecule has 3 rings (SSSR count). The van der Waals surface area contributed by atoms with Crippen LogP contribution in [0.2, 0.25) is 0 Å². The minimum absolute atomic E-state index is 0.0221. The average molecular weight is 497 g/mol. The van der Waals surface area contributed by atoms with Crippen molar-refractivity contribution >= 4 is 5.91 Å². The van der Waals surface area contributed by atoms with Crippen LogP contribution >= 0.6 is 0 Å². The van der Waals surface area contributed by atoms with Gasteiger partial charge < -0.3 is 14.7 Å². The van der Waals surface area contributed by atoms with E-state index in [-0.39, 0.29) is 29.8 Å². The molecule has 0 radical (unpaired) electrons. The summed E-state index contributed by atoms with van der Waals surface area (Å²) in [7, 11) is 0. The topological polar surface area (TPSA) is 73.6 Å². The van der Waals surface area contributed by atoms with Crippen LogP contribution in [0.15, 0.2) is 54.3 Å². The summed E-state index contributed by atoms with van der Waals surface area (Å²) in [6.07, 6.45) is 11.4. The normalized spacial score (nSPS) is 25.6. The Hall–Kier alpha value is -2.91. The van der Waals surface area contributed by atoms with Gasteiger partial charge in [0, 0.05) is 11.5 Å². The molecule has 1 amide bonds. The van der Waals surface area contributed by atoms with E-state index in [9.17, 15) is 14.3 Å². The zero-order valence-corrected chi connectivity index (χ0v) is 22.4. The second kappa shape index (κ2) is 13.4. The quantitative estimate of drug-likeness (QED) is 0.238. The van der Waals surface area contributed by atoms with Crippen molar-refractivity contribution in [3.8, 4) is 6.07 Å². The minimum atomic E-state index is -1.21. The summed E-state index contributed by atoms with van der Waals surface area (Å²) in [6.45, 7) is 13.2. The molecule has 2 unspecified atom stereocenters. The van der Waals surface area contributed by atoms with Crippen LogP contribution in [0.4, 0.5) is 4.39 Å². The highest BCUT2D eigenvalue weighted by Crippen LogP contribution is 2.45. The van der Waals surface area contributed by atoms with Crippen LogP contribution in [0.25, 0.3) is 0 Å². The number of ether oxygens (including phenoxy) is 1. The number of carbonyl (C=O) groups is 1. The van der Waals surface area contributed by atoms with Crippen molar-refractivity contribution in [3.05, 3.63) is 71.3 Å². The van der Waals surface area contributed by atoms with Gasteiger partial charge in [0.05, 0.1) is 24.0 Å². The zero-order valence-electron chi connectivity index (χ0n) is 22.4. The Morgan fingerprint density at radius 1 is 1.36 bits per heavy atom. The van der Waals surface area contributed by atoms with E-state index in [0.29, 0.717) is 31.4 Å². The fourth-order valence-electron chi connectivity index (χ4n) is 4.75. The number of hydrogen-bond donors (Lipinski definition) is 1. The van der Waals surface area contributed by atoms with Crippen molar-refractivity contribution < 1.29 is 19.0 Å². The fraction of sp³-hybridized carbons (Fsp3) is 0.533. The number of aryl methyl sites for hydroxylation is 1. The molecule has 1 aliphatic heterocycles. The van der Waals surface area contributed by atoms with Gasteiger partial charge in [-0.2, -0.15) is 5.26 Å². The van der Waals surface area contributed by atoms with Crippen molar-refractivity contribution in [1.29, 1.82) is 5.26 Å². The van der Waals surface area contributed by atoms with Gasteiger partial charge in [-0.05, 0) is 88.6 Å². The van der Waals surface area contributed by atoms with Gasteiger partial charge in [-0.25, -0.2) is 4.39 Å². The third kappa shape index (κ3) is 8.06. The molecule has 2 aliphatic rings. The maximum Gasteiger partial charge on any atom is 0.228 e. The molecule has 1 aromatic carbocycles. The number of amides is 1. The lowest BCUT2D eigenvalue weighted by Gasteiger charge is -2.42. The van der Waals surface area contributed by atoms with Gasteiger partial charge in [0.1, 0.15) is 11.5 Å². The molecular weight excluding hydrogens is 455 g/mol. The second-order valence-corrected chi connectivity index (χ2v) is 10.0. The number of hydrogen-bond acceptors (Lipinski definition) is 4. The summed E-state index contributed by atoms with van der Waals surface area (Å²) in [5, 5.41) is 19.3. The Morgan fingerprint density at radius 2 is 2.06 bits per heavy atom. The van der Waals surface area contributed by atoms with E-state index in [1.165, 1.54) is 12.1 Å². The van der Waals surface area contributed by atoms with Crippen LogP contribution < -0.4 is 0 Å². The van der Waals surface area contributed by atoms with Crippen LogP contribution in [-0.4, -0.2) is 27.7 Å². The lowest BCUT2D eigenvalue weighted by Crippen LogP contribution is -2.52. The molecule has 1 heterocycles. The molecular formula is C30H41FN2O3. The van der Waals surface area contributed by atoms with Crippen LogP contribution in [0, 0.1) is 30.0 Å². The van der Waals surface area contributed by atoms with E-state index < -0.39 is 5.72 Å². The molecule has 36 heavy (non-hydrogen) atoms. The number of aliphatic hydroxyl groups is 1. The highest BCUT2D eigenvalue weighted by Gasteiger charge is 2.49. The predicted molar refractivity (Wildman–Crippen MR) is 141 cm³/mol. The molecule has 2 fully saturated rings. The summed E-state index contributed by atoms with van der Waals surface area (Å²) < 4.78 is 19.4. The first-order chi connectivity index (χ1) is 17.0. The summed E-state index contributed by atoms with van der Waals surface area (Å²) in [5.74, 6) is 0.103. The van der Waals surface area contributed by atoms with E-state index in [0.717, 1.165) is 36.0 Å². The number of nitriles is 1.